The second-order valence-corrected chi connectivity index (χ2v) is 3.88. The van der Waals surface area contributed by atoms with Crippen molar-refractivity contribution in [2.24, 2.45) is 0 Å². The lowest BCUT2D eigenvalue weighted by atomic mass is 10.2. The number of carbonyl (C=O) groups is 4. The maximum atomic E-state index is 11.6. The van der Waals surface area contributed by atoms with Crippen molar-refractivity contribution in [3.63, 3.8) is 0 Å². The molecule has 0 saturated carbocycles. The molecule has 0 aliphatic rings. The van der Waals surface area contributed by atoms with Crippen molar-refractivity contribution in [3.8, 4) is 0 Å². The van der Waals surface area contributed by atoms with Crippen molar-refractivity contribution in [3.05, 3.63) is 12.2 Å². The number of hydrogen-bond acceptors (Lipinski definition) is 7. The van der Waals surface area contributed by atoms with E-state index in [1.165, 1.54) is 27.4 Å². The average molecular weight is 301 g/mol. The summed E-state index contributed by atoms with van der Waals surface area (Å²) in [6.07, 6.45) is 2.38. The SMILES string of the molecule is COC(=O)/C=C/C[C@@H](NC(=O)CCC(=O)OC)C(=O)OC. The molecule has 0 saturated heterocycles. The number of ether oxygens (including phenoxy) is 3. The molecular formula is C13H19NO7. The van der Waals surface area contributed by atoms with E-state index >= 15 is 0 Å². The van der Waals surface area contributed by atoms with Crippen LogP contribution in [0.1, 0.15) is 19.3 Å². The molecule has 0 unspecified atom stereocenters. The molecule has 8 nitrogen and oxygen atoms in total. The maximum absolute atomic E-state index is 11.6. The van der Waals surface area contributed by atoms with E-state index in [1.807, 2.05) is 0 Å². The Morgan fingerprint density at radius 1 is 1.00 bits per heavy atom. The fraction of sp³-hybridized carbons (Fsp3) is 0.538. The first-order valence-corrected chi connectivity index (χ1v) is 6.13. The molecule has 0 aliphatic heterocycles. The largest absolute Gasteiger partial charge is 0.469 e. The van der Waals surface area contributed by atoms with Gasteiger partial charge in [-0.05, 0) is 6.42 Å². The van der Waals surface area contributed by atoms with E-state index in [-0.39, 0.29) is 19.3 Å². The minimum Gasteiger partial charge on any atom is -0.469 e. The lowest BCUT2D eigenvalue weighted by molar-refractivity contribution is -0.145. The molecule has 0 heterocycles. The smallest absolute Gasteiger partial charge is 0.330 e. The molecule has 118 valence electrons. The first kappa shape index (κ1) is 18.6. The molecule has 1 atom stereocenters. The van der Waals surface area contributed by atoms with Crippen LogP contribution in [0.5, 0.6) is 0 Å². The normalized spacial score (nSPS) is 11.6. The van der Waals surface area contributed by atoms with Gasteiger partial charge in [0.2, 0.25) is 5.91 Å². The highest BCUT2D eigenvalue weighted by Gasteiger charge is 2.20. The third kappa shape index (κ3) is 8.40. The summed E-state index contributed by atoms with van der Waals surface area (Å²) in [7, 11) is 3.62. The van der Waals surface area contributed by atoms with E-state index in [9.17, 15) is 19.2 Å². The van der Waals surface area contributed by atoms with Gasteiger partial charge in [0.15, 0.2) is 0 Å². The number of carbonyl (C=O) groups excluding carboxylic acids is 4. The minimum atomic E-state index is -0.943. The molecule has 0 bridgehead atoms. The van der Waals surface area contributed by atoms with Gasteiger partial charge in [0.25, 0.3) is 0 Å². The van der Waals surface area contributed by atoms with Gasteiger partial charge in [0, 0.05) is 12.5 Å². The van der Waals surface area contributed by atoms with E-state index in [2.05, 4.69) is 19.5 Å². The topological polar surface area (TPSA) is 108 Å². The van der Waals surface area contributed by atoms with Crippen LogP contribution in [0.25, 0.3) is 0 Å². The van der Waals surface area contributed by atoms with Crippen LogP contribution < -0.4 is 5.32 Å². The average Bonchev–Trinajstić information content (AvgIpc) is 2.50. The Morgan fingerprint density at radius 3 is 2.19 bits per heavy atom. The zero-order valence-electron chi connectivity index (χ0n) is 12.2. The summed E-state index contributed by atoms with van der Waals surface area (Å²) in [5.41, 5.74) is 0. The third-order valence-corrected chi connectivity index (χ3v) is 2.43. The summed E-state index contributed by atoms with van der Waals surface area (Å²) in [4.78, 5) is 44.9. The molecule has 1 amide bonds. The molecule has 8 heteroatoms. The van der Waals surface area contributed by atoms with Gasteiger partial charge < -0.3 is 19.5 Å². The number of rotatable bonds is 8. The molecule has 0 aliphatic carbocycles. The highest BCUT2D eigenvalue weighted by atomic mass is 16.5. The Labute approximate surface area is 122 Å². The van der Waals surface area contributed by atoms with Gasteiger partial charge in [-0.3, -0.25) is 9.59 Å². The first-order chi connectivity index (χ1) is 9.94. The molecule has 0 aromatic rings. The summed E-state index contributed by atoms with van der Waals surface area (Å²) in [5, 5.41) is 2.41. The van der Waals surface area contributed by atoms with E-state index in [0.717, 1.165) is 6.08 Å². The number of nitrogens with one attached hydrogen (secondary N) is 1. The maximum Gasteiger partial charge on any atom is 0.330 e. The molecular weight excluding hydrogens is 282 g/mol. The lowest BCUT2D eigenvalue weighted by Gasteiger charge is -2.14. The summed E-state index contributed by atoms with van der Waals surface area (Å²) in [6.45, 7) is 0. The van der Waals surface area contributed by atoms with E-state index in [4.69, 9.17) is 0 Å². The zero-order chi connectivity index (χ0) is 16.3. The molecule has 0 spiro atoms. The van der Waals surface area contributed by atoms with Crippen LogP contribution in [-0.2, 0) is 33.4 Å². The third-order valence-electron chi connectivity index (χ3n) is 2.43. The zero-order valence-corrected chi connectivity index (χ0v) is 12.2. The van der Waals surface area contributed by atoms with Gasteiger partial charge in [0.05, 0.1) is 27.8 Å². The molecule has 0 radical (unpaired) electrons. The molecule has 1 N–H and O–H groups in total. The van der Waals surface area contributed by atoms with Gasteiger partial charge in [-0.25, -0.2) is 9.59 Å². The van der Waals surface area contributed by atoms with Gasteiger partial charge in [-0.15, -0.1) is 0 Å². The van der Waals surface area contributed by atoms with Crippen molar-refractivity contribution in [1.29, 1.82) is 0 Å². The van der Waals surface area contributed by atoms with Crippen LogP contribution in [0.3, 0.4) is 0 Å². The highest BCUT2D eigenvalue weighted by molar-refractivity contribution is 5.86. The van der Waals surface area contributed by atoms with Gasteiger partial charge in [0.1, 0.15) is 6.04 Å². The molecule has 0 aromatic heterocycles. The van der Waals surface area contributed by atoms with Crippen molar-refractivity contribution in [2.45, 2.75) is 25.3 Å². The van der Waals surface area contributed by atoms with E-state index in [1.54, 1.807) is 0 Å². The standard InChI is InChI=1S/C13H19NO7/c1-19-11(16)6-4-5-9(13(18)21-3)14-10(15)7-8-12(17)20-2/h4,6,9H,5,7-8H2,1-3H3,(H,14,15)/b6-4+/t9-/m1/s1. The van der Waals surface area contributed by atoms with Crippen LogP contribution in [0.4, 0.5) is 0 Å². The van der Waals surface area contributed by atoms with Crippen LogP contribution in [0.15, 0.2) is 12.2 Å². The predicted octanol–water partition coefficient (Wildman–Crippen LogP) is -0.283. The summed E-state index contributed by atoms with van der Waals surface area (Å²) in [5.74, 6) is -2.25. The lowest BCUT2D eigenvalue weighted by Crippen LogP contribution is -2.41. The summed E-state index contributed by atoms with van der Waals surface area (Å²) in [6, 6.07) is -0.943. The Balaban J connectivity index is 4.45. The Kier molecular flexibility index (Phi) is 9.23. The van der Waals surface area contributed by atoms with Crippen LogP contribution in [0, 0.1) is 0 Å². The van der Waals surface area contributed by atoms with Gasteiger partial charge in [-0.2, -0.15) is 0 Å². The second-order valence-electron chi connectivity index (χ2n) is 3.88. The number of hydrogen-bond donors (Lipinski definition) is 1. The molecule has 21 heavy (non-hydrogen) atoms. The number of esters is 3. The Bertz CT molecular complexity index is 417. The monoisotopic (exact) mass is 301 g/mol. The van der Waals surface area contributed by atoms with Crippen LogP contribution in [-0.4, -0.2) is 51.2 Å². The van der Waals surface area contributed by atoms with Crippen molar-refractivity contribution < 1.29 is 33.4 Å². The van der Waals surface area contributed by atoms with Crippen molar-refractivity contribution in [2.75, 3.05) is 21.3 Å². The number of methoxy groups -OCH3 is 3. The molecule has 0 fully saturated rings. The minimum absolute atomic E-state index is 0.0612. The van der Waals surface area contributed by atoms with E-state index in [0.29, 0.717) is 0 Å². The number of amides is 1. The van der Waals surface area contributed by atoms with Crippen molar-refractivity contribution in [1.82, 2.24) is 5.32 Å². The Morgan fingerprint density at radius 2 is 1.67 bits per heavy atom. The fourth-order valence-electron chi connectivity index (χ4n) is 1.31. The van der Waals surface area contributed by atoms with Crippen LogP contribution in [0.2, 0.25) is 0 Å². The summed E-state index contributed by atoms with van der Waals surface area (Å²) < 4.78 is 13.3. The quantitative estimate of drug-likeness (QED) is 0.373. The van der Waals surface area contributed by atoms with Crippen LogP contribution >= 0.6 is 0 Å². The van der Waals surface area contributed by atoms with Gasteiger partial charge in [-0.1, -0.05) is 6.08 Å². The van der Waals surface area contributed by atoms with E-state index < -0.39 is 29.9 Å². The first-order valence-electron chi connectivity index (χ1n) is 6.13. The second kappa shape index (κ2) is 10.4. The summed E-state index contributed by atoms with van der Waals surface area (Å²) >= 11 is 0. The highest BCUT2D eigenvalue weighted by Crippen LogP contribution is 2.00. The fourth-order valence-corrected chi connectivity index (χ4v) is 1.31. The molecule has 0 aromatic carbocycles. The molecule has 0 rings (SSSR count). The Hall–Kier alpha value is -2.38. The predicted molar refractivity (Wildman–Crippen MR) is 71.0 cm³/mol. The van der Waals surface area contributed by atoms with Gasteiger partial charge >= 0.3 is 17.9 Å². The van der Waals surface area contributed by atoms with Crippen molar-refractivity contribution >= 4 is 23.8 Å².